The van der Waals surface area contributed by atoms with Crippen molar-refractivity contribution in [2.75, 3.05) is 0 Å². The summed E-state index contributed by atoms with van der Waals surface area (Å²) in [6.07, 6.45) is 4.95. The van der Waals surface area contributed by atoms with Crippen LogP contribution in [0.1, 0.15) is 0 Å². The Morgan fingerprint density at radius 2 is 2.06 bits per heavy atom. The van der Waals surface area contributed by atoms with Crippen LogP contribution < -0.4 is 0 Å². The molecule has 0 atom stereocenters. The highest BCUT2D eigenvalue weighted by molar-refractivity contribution is 6.34. The number of halogens is 1. The Morgan fingerprint density at radius 1 is 1.12 bits per heavy atom. The highest BCUT2D eigenvalue weighted by atomic mass is 35.5. The van der Waals surface area contributed by atoms with Gasteiger partial charge in [-0.15, -0.1) is 0 Å². The number of hydrogen-bond acceptors (Lipinski definition) is 3. The van der Waals surface area contributed by atoms with Gasteiger partial charge in [0.1, 0.15) is 17.3 Å². The van der Waals surface area contributed by atoms with Crippen LogP contribution in [0.3, 0.4) is 0 Å². The van der Waals surface area contributed by atoms with Gasteiger partial charge in [0.2, 0.25) is 0 Å². The van der Waals surface area contributed by atoms with Crippen LogP contribution in [0.25, 0.3) is 22.3 Å². The van der Waals surface area contributed by atoms with E-state index in [1.54, 1.807) is 12.4 Å². The van der Waals surface area contributed by atoms with E-state index < -0.39 is 0 Å². The van der Waals surface area contributed by atoms with Crippen molar-refractivity contribution in [2.45, 2.75) is 0 Å². The summed E-state index contributed by atoms with van der Waals surface area (Å²) in [7, 11) is 0. The first-order valence-corrected chi connectivity index (χ1v) is 5.12. The van der Waals surface area contributed by atoms with E-state index >= 15 is 0 Å². The van der Waals surface area contributed by atoms with E-state index in [0.29, 0.717) is 5.15 Å². The average molecular weight is 231 g/mol. The molecule has 0 unspecified atom stereocenters. The Bertz CT molecular complexity index is 634. The highest BCUT2D eigenvalue weighted by Gasteiger charge is 2.05. The van der Waals surface area contributed by atoms with Gasteiger partial charge in [0.05, 0.1) is 5.52 Å². The third kappa shape index (κ3) is 1.44. The number of aromatic amines is 1. The summed E-state index contributed by atoms with van der Waals surface area (Å²) >= 11 is 6.01. The molecule has 0 aliphatic heterocycles. The normalized spacial score (nSPS) is 10.8. The van der Waals surface area contributed by atoms with E-state index in [2.05, 4.69) is 19.9 Å². The molecule has 4 nitrogen and oxygen atoms in total. The zero-order valence-corrected chi connectivity index (χ0v) is 8.94. The molecule has 2 aromatic heterocycles. The zero-order valence-electron chi connectivity index (χ0n) is 8.18. The van der Waals surface area contributed by atoms with Gasteiger partial charge in [-0.25, -0.2) is 15.0 Å². The first-order valence-electron chi connectivity index (χ1n) is 4.74. The molecule has 5 heteroatoms. The molecule has 3 aromatic rings. The second-order valence-electron chi connectivity index (χ2n) is 3.33. The lowest BCUT2D eigenvalue weighted by Gasteiger charge is -2.01. The van der Waals surface area contributed by atoms with Crippen LogP contribution >= 0.6 is 11.6 Å². The fourth-order valence-corrected chi connectivity index (χ4v) is 1.79. The monoisotopic (exact) mass is 230 g/mol. The van der Waals surface area contributed by atoms with Gasteiger partial charge in [-0.1, -0.05) is 11.6 Å². The van der Waals surface area contributed by atoms with Gasteiger partial charge in [0.25, 0.3) is 0 Å². The van der Waals surface area contributed by atoms with Gasteiger partial charge in [-0.2, -0.15) is 0 Å². The van der Waals surface area contributed by atoms with Crippen molar-refractivity contribution in [3.8, 4) is 11.4 Å². The minimum Gasteiger partial charge on any atom is -0.345 e. The largest absolute Gasteiger partial charge is 0.345 e. The molecule has 0 radical (unpaired) electrons. The molecular weight excluding hydrogens is 224 g/mol. The molecule has 78 valence electrons. The maximum atomic E-state index is 6.01. The fraction of sp³-hybridized carbons (Fsp3) is 0. The summed E-state index contributed by atoms with van der Waals surface area (Å²) in [5, 5.41) is 1.29. The van der Waals surface area contributed by atoms with Gasteiger partial charge in [-0.3, -0.25) is 0 Å². The molecular formula is C11H7ClN4. The van der Waals surface area contributed by atoms with Gasteiger partial charge in [0.15, 0.2) is 0 Å². The number of hydrogen-bond donors (Lipinski definition) is 1. The van der Waals surface area contributed by atoms with Crippen molar-refractivity contribution in [1.82, 2.24) is 19.9 Å². The lowest BCUT2D eigenvalue weighted by Crippen LogP contribution is -1.86. The standard InChI is InChI=1S/C11H7ClN4/c12-10-8-5-7(11-13-3-4-14-11)1-2-9(8)15-6-16-10/h1-6H,(H,13,14). The fourth-order valence-electron chi connectivity index (χ4n) is 1.60. The van der Waals surface area contributed by atoms with Crippen LogP contribution in [0.2, 0.25) is 5.15 Å². The number of H-pyrrole nitrogens is 1. The minimum atomic E-state index is 0.457. The summed E-state index contributed by atoms with van der Waals surface area (Å²) in [5.41, 5.74) is 1.80. The predicted molar refractivity (Wildman–Crippen MR) is 62.1 cm³/mol. The maximum absolute atomic E-state index is 6.01. The Balaban J connectivity index is 2.27. The van der Waals surface area contributed by atoms with Crippen molar-refractivity contribution in [2.24, 2.45) is 0 Å². The van der Waals surface area contributed by atoms with E-state index in [9.17, 15) is 0 Å². The van der Waals surface area contributed by atoms with Crippen molar-refractivity contribution in [3.63, 3.8) is 0 Å². The third-order valence-electron chi connectivity index (χ3n) is 2.36. The van der Waals surface area contributed by atoms with Gasteiger partial charge in [-0.05, 0) is 18.2 Å². The van der Waals surface area contributed by atoms with Crippen molar-refractivity contribution in [1.29, 1.82) is 0 Å². The van der Waals surface area contributed by atoms with E-state index in [0.717, 1.165) is 22.3 Å². The number of rotatable bonds is 1. The van der Waals surface area contributed by atoms with Crippen molar-refractivity contribution in [3.05, 3.63) is 42.1 Å². The summed E-state index contributed by atoms with van der Waals surface area (Å²) in [6.45, 7) is 0. The first-order chi connectivity index (χ1) is 7.84. The Labute approximate surface area is 96.3 Å². The van der Waals surface area contributed by atoms with Crippen LogP contribution in [-0.2, 0) is 0 Å². The summed E-state index contributed by atoms with van der Waals surface area (Å²) in [6, 6.07) is 5.78. The van der Waals surface area contributed by atoms with Crippen LogP contribution in [0.4, 0.5) is 0 Å². The lowest BCUT2D eigenvalue weighted by atomic mass is 10.1. The molecule has 0 fully saturated rings. The molecule has 0 bridgehead atoms. The SMILES string of the molecule is Clc1ncnc2ccc(-c3ncc[nH]3)cc12. The number of nitrogens with one attached hydrogen (secondary N) is 1. The van der Waals surface area contributed by atoms with Crippen LogP contribution in [0, 0.1) is 0 Å². The molecule has 0 spiro atoms. The third-order valence-corrected chi connectivity index (χ3v) is 2.66. The number of aromatic nitrogens is 4. The van der Waals surface area contributed by atoms with Crippen LogP contribution in [0.15, 0.2) is 36.9 Å². The number of benzene rings is 1. The van der Waals surface area contributed by atoms with Crippen molar-refractivity contribution >= 4 is 22.5 Å². The molecule has 3 rings (SSSR count). The summed E-state index contributed by atoms with van der Waals surface area (Å²) in [5.74, 6) is 0.807. The maximum Gasteiger partial charge on any atom is 0.140 e. The smallest absolute Gasteiger partial charge is 0.140 e. The van der Waals surface area contributed by atoms with E-state index in [1.807, 2.05) is 18.2 Å². The minimum absolute atomic E-state index is 0.457. The number of nitrogens with zero attached hydrogens (tertiary/aromatic N) is 3. The molecule has 2 heterocycles. The summed E-state index contributed by atoms with van der Waals surface area (Å²) < 4.78 is 0. The molecule has 0 saturated carbocycles. The Hall–Kier alpha value is -1.94. The van der Waals surface area contributed by atoms with Crippen LogP contribution in [-0.4, -0.2) is 19.9 Å². The van der Waals surface area contributed by atoms with Crippen molar-refractivity contribution < 1.29 is 0 Å². The quantitative estimate of drug-likeness (QED) is 0.654. The predicted octanol–water partition coefficient (Wildman–Crippen LogP) is 2.67. The summed E-state index contributed by atoms with van der Waals surface area (Å²) in [4.78, 5) is 15.3. The van der Waals surface area contributed by atoms with Crippen LogP contribution in [0.5, 0.6) is 0 Å². The van der Waals surface area contributed by atoms with E-state index in [4.69, 9.17) is 11.6 Å². The van der Waals surface area contributed by atoms with E-state index in [1.165, 1.54) is 6.33 Å². The zero-order chi connectivity index (χ0) is 11.0. The van der Waals surface area contributed by atoms with Gasteiger partial charge < -0.3 is 4.98 Å². The molecule has 0 amide bonds. The molecule has 0 saturated heterocycles. The van der Waals surface area contributed by atoms with Gasteiger partial charge in [0, 0.05) is 23.3 Å². The topological polar surface area (TPSA) is 54.5 Å². The molecule has 0 aliphatic carbocycles. The lowest BCUT2D eigenvalue weighted by molar-refractivity contribution is 1.22. The first kappa shape index (κ1) is 9.30. The highest BCUT2D eigenvalue weighted by Crippen LogP contribution is 2.24. The molecule has 1 aromatic carbocycles. The number of fused-ring (bicyclic) bond motifs is 1. The van der Waals surface area contributed by atoms with E-state index in [-0.39, 0.29) is 0 Å². The molecule has 16 heavy (non-hydrogen) atoms. The average Bonchev–Trinajstić information content (AvgIpc) is 2.83. The number of imidazole rings is 1. The second-order valence-corrected chi connectivity index (χ2v) is 3.69. The Morgan fingerprint density at radius 3 is 2.88 bits per heavy atom. The molecule has 0 aliphatic rings. The Kier molecular flexibility index (Phi) is 2.08. The van der Waals surface area contributed by atoms with Gasteiger partial charge >= 0.3 is 0 Å². The molecule has 1 N–H and O–H groups in total. The second kappa shape index (κ2) is 3.57.